The first kappa shape index (κ1) is 12.9. The summed E-state index contributed by atoms with van der Waals surface area (Å²) in [7, 11) is 0. The lowest BCUT2D eigenvalue weighted by atomic mass is 10.4. The summed E-state index contributed by atoms with van der Waals surface area (Å²) in [6.07, 6.45) is 2.27. The molecule has 2 fully saturated rings. The van der Waals surface area contributed by atoms with Crippen molar-refractivity contribution in [3.8, 4) is 0 Å². The summed E-state index contributed by atoms with van der Waals surface area (Å²) in [5, 5.41) is 2.78. The Bertz CT molecular complexity index is 501. The molecule has 9 nitrogen and oxygen atoms in total. The van der Waals surface area contributed by atoms with E-state index in [-0.39, 0.29) is 12.5 Å². The highest BCUT2D eigenvalue weighted by atomic mass is 16.2. The fourth-order valence-corrected chi connectivity index (χ4v) is 2.43. The second-order valence-electron chi connectivity index (χ2n) is 4.87. The quantitative estimate of drug-likeness (QED) is 0.462. The molecule has 4 N–H and O–H groups in total. The molecular weight excluding hydrogens is 260 g/mol. The van der Waals surface area contributed by atoms with Gasteiger partial charge in [-0.1, -0.05) is 0 Å². The summed E-state index contributed by atoms with van der Waals surface area (Å²) in [6, 6.07) is 0. The van der Waals surface area contributed by atoms with Gasteiger partial charge in [-0.3, -0.25) is 10.2 Å². The number of anilines is 3. The molecule has 0 spiro atoms. The third-order valence-electron chi connectivity index (χ3n) is 3.45. The summed E-state index contributed by atoms with van der Waals surface area (Å²) in [6.45, 7) is 3.41. The molecule has 0 atom stereocenters. The van der Waals surface area contributed by atoms with Crippen LogP contribution in [0.2, 0.25) is 0 Å². The van der Waals surface area contributed by atoms with Crippen LogP contribution >= 0.6 is 0 Å². The molecule has 1 aromatic rings. The van der Waals surface area contributed by atoms with Gasteiger partial charge in [0.15, 0.2) is 0 Å². The maximum absolute atomic E-state index is 11.5. The Hall–Kier alpha value is -2.16. The van der Waals surface area contributed by atoms with E-state index in [1.54, 1.807) is 0 Å². The van der Waals surface area contributed by atoms with Crippen LogP contribution in [0.1, 0.15) is 12.8 Å². The van der Waals surface area contributed by atoms with Crippen LogP contribution in [0.15, 0.2) is 0 Å². The van der Waals surface area contributed by atoms with Gasteiger partial charge < -0.3 is 15.1 Å². The fourth-order valence-electron chi connectivity index (χ4n) is 2.43. The monoisotopic (exact) mass is 278 g/mol. The van der Waals surface area contributed by atoms with Gasteiger partial charge in [0, 0.05) is 26.2 Å². The van der Waals surface area contributed by atoms with Crippen LogP contribution in [0.5, 0.6) is 0 Å². The number of carbonyl (C=O) groups is 1. The zero-order chi connectivity index (χ0) is 13.9. The van der Waals surface area contributed by atoms with Crippen LogP contribution < -0.4 is 26.4 Å². The van der Waals surface area contributed by atoms with Gasteiger partial charge in [0.05, 0.1) is 6.54 Å². The highest BCUT2D eigenvalue weighted by molar-refractivity contribution is 5.82. The van der Waals surface area contributed by atoms with Crippen molar-refractivity contribution in [2.45, 2.75) is 12.8 Å². The van der Waals surface area contributed by atoms with E-state index in [2.05, 4.69) is 30.6 Å². The SMILES string of the molecule is NNc1nc(N2CCCC2)nc(N2CCNC(=O)C2)n1. The summed E-state index contributed by atoms with van der Waals surface area (Å²) in [5.74, 6) is 6.83. The standard InChI is InChI=1S/C11H18N8O/c12-17-9-14-10(18-4-1-2-5-18)16-11(15-9)19-6-3-13-8(20)7-19/h1-7,12H2,(H,13,20)(H,14,15,16,17). The summed E-state index contributed by atoms with van der Waals surface area (Å²) in [4.78, 5) is 28.4. The van der Waals surface area contributed by atoms with Gasteiger partial charge in [-0.2, -0.15) is 15.0 Å². The Kier molecular flexibility index (Phi) is 3.50. The Balaban J connectivity index is 1.88. The molecule has 2 saturated heterocycles. The van der Waals surface area contributed by atoms with Crippen LogP contribution in [0, 0.1) is 0 Å². The third-order valence-corrected chi connectivity index (χ3v) is 3.45. The van der Waals surface area contributed by atoms with Crippen molar-refractivity contribution in [2.24, 2.45) is 5.84 Å². The van der Waals surface area contributed by atoms with E-state index in [0.29, 0.717) is 30.9 Å². The lowest BCUT2D eigenvalue weighted by molar-refractivity contribution is -0.120. The maximum atomic E-state index is 11.5. The highest BCUT2D eigenvalue weighted by Crippen LogP contribution is 2.20. The number of piperazine rings is 1. The number of carbonyl (C=O) groups excluding carboxylic acids is 1. The van der Waals surface area contributed by atoms with Gasteiger partial charge in [0.25, 0.3) is 0 Å². The minimum atomic E-state index is -0.0263. The summed E-state index contributed by atoms with van der Waals surface area (Å²) in [5.41, 5.74) is 2.47. The Morgan fingerprint density at radius 1 is 1.05 bits per heavy atom. The number of nitrogen functional groups attached to an aromatic ring is 1. The summed E-state index contributed by atoms with van der Waals surface area (Å²) < 4.78 is 0. The molecule has 0 radical (unpaired) electrons. The van der Waals surface area contributed by atoms with Gasteiger partial charge in [0.2, 0.25) is 23.8 Å². The molecular formula is C11H18N8O. The van der Waals surface area contributed by atoms with E-state index in [0.717, 1.165) is 25.9 Å². The molecule has 1 aromatic heterocycles. The van der Waals surface area contributed by atoms with Crippen LogP contribution in [0.4, 0.5) is 17.8 Å². The largest absolute Gasteiger partial charge is 0.353 e. The van der Waals surface area contributed by atoms with Crippen LogP contribution in [0.3, 0.4) is 0 Å². The molecule has 3 heterocycles. The predicted octanol–water partition coefficient (Wildman–Crippen LogP) is -1.31. The molecule has 9 heteroatoms. The minimum Gasteiger partial charge on any atom is -0.353 e. The van der Waals surface area contributed by atoms with Crippen molar-refractivity contribution in [3.05, 3.63) is 0 Å². The molecule has 0 saturated carbocycles. The minimum absolute atomic E-state index is 0.0263. The molecule has 20 heavy (non-hydrogen) atoms. The molecule has 2 aliphatic rings. The molecule has 0 aromatic carbocycles. The first-order valence-corrected chi connectivity index (χ1v) is 6.75. The second kappa shape index (κ2) is 5.45. The van der Waals surface area contributed by atoms with Crippen molar-refractivity contribution in [2.75, 3.05) is 47.9 Å². The fraction of sp³-hybridized carbons (Fsp3) is 0.636. The second-order valence-corrected chi connectivity index (χ2v) is 4.87. The van der Waals surface area contributed by atoms with Crippen molar-refractivity contribution < 1.29 is 4.79 Å². The van der Waals surface area contributed by atoms with Crippen LogP contribution in [-0.2, 0) is 4.79 Å². The average Bonchev–Trinajstić information content (AvgIpc) is 3.01. The lowest BCUT2D eigenvalue weighted by Crippen LogP contribution is -2.48. The number of hydrogen-bond acceptors (Lipinski definition) is 8. The van der Waals surface area contributed by atoms with E-state index in [1.807, 2.05) is 4.90 Å². The predicted molar refractivity (Wildman–Crippen MR) is 74.3 cm³/mol. The number of amides is 1. The van der Waals surface area contributed by atoms with E-state index in [4.69, 9.17) is 5.84 Å². The number of nitrogens with two attached hydrogens (primary N) is 1. The smallest absolute Gasteiger partial charge is 0.243 e. The number of rotatable bonds is 3. The maximum Gasteiger partial charge on any atom is 0.243 e. The topological polar surface area (TPSA) is 112 Å². The number of hydrazine groups is 1. The van der Waals surface area contributed by atoms with Gasteiger partial charge >= 0.3 is 0 Å². The first-order valence-electron chi connectivity index (χ1n) is 6.75. The summed E-state index contributed by atoms with van der Waals surface area (Å²) >= 11 is 0. The van der Waals surface area contributed by atoms with Gasteiger partial charge in [-0.15, -0.1) is 0 Å². The highest BCUT2D eigenvalue weighted by Gasteiger charge is 2.22. The van der Waals surface area contributed by atoms with Crippen LogP contribution in [0.25, 0.3) is 0 Å². The number of nitrogens with one attached hydrogen (secondary N) is 2. The average molecular weight is 278 g/mol. The van der Waals surface area contributed by atoms with Crippen molar-refractivity contribution >= 4 is 23.8 Å². The molecule has 0 unspecified atom stereocenters. The third kappa shape index (κ3) is 2.57. The molecule has 0 aliphatic carbocycles. The Morgan fingerprint density at radius 2 is 1.75 bits per heavy atom. The molecule has 3 rings (SSSR count). The van der Waals surface area contributed by atoms with E-state index >= 15 is 0 Å². The zero-order valence-corrected chi connectivity index (χ0v) is 11.2. The van der Waals surface area contributed by atoms with E-state index < -0.39 is 0 Å². The lowest BCUT2D eigenvalue weighted by Gasteiger charge is -2.27. The van der Waals surface area contributed by atoms with Crippen molar-refractivity contribution in [1.29, 1.82) is 0 Å². The number of aromatic nitrogens is 3. The Morgan fingerprint density at radius 3 is 2.40 bits per heavy atom. The normalized spacial score (nSPS) is 19.1. The van der Waals surface area contributed by atoms with Gasteiger partial charge in [-0.25, -0.2) is 5.84 Å². The number of hydrogen-bond donors (Lipinski definition) is 3. The van der Waals surface area contributed by atoms with Crippen molar-refractivity contribution in [3.63, 3.8) is 0 Å². The Labute approximate surface area is 116 Å². The molecule has 0 bridgehead atoms. The van der Waals surface area contributed by atoms with Crippen molar-refractivity contribution in [1.82, 2.24) is 20.3 Å². The zero-order valence-electron chi connectivity index (χ0n) is 11.2. The molecule has 2 aliphatic heterocycles. The van der Waals surface area contributed by atoms with E-state index in [9.17, 15) is 4.79 Å². The van der Waals surface area contributed by atoms with Gasteiger partial charge in [0.1, 0.15) is 0 Å². The first-order chi connectivity index (χ1) is 9.76. The van der Waals surface area contributed by atoms with Gasteiger partial charge in [-0.05, 0) is 12.8 Å². The molecule has 108 valence electrons. The van der Waals surface area contributed by atoms with Crippen LogP contribution in [-0.4, -0.2) is 53.6 Å². The molecule has 1 amide bonds. The number of nitrogens with zero attached hydrogens (tertiary/aromatic N) is 5. The van der Waals surface area contributed by atoms with E-state index in [1.165, 1.54) is 0 Å².